The second kappa shape index (κ2) is 7.28. The van der Waals surface area contributed by atoms with Crippen LogP contribution in [0.15, 0.2) is 12.1 Å². The van der Waals surface area contributed by atoms with Crippen molar-refractivity contribution in [2.75, 3.05) is 26.7 Å². The first kappa shape index (κ1) is 14.0. The van der Waals surface area contributed by atoms with Gasteiger partial charge in [-0.05, 0) is 31.6 Å². The van der Waals surface area contributed by atoms with Crippen LogP contribution >= 0.6 is 22.9 Å². The van der Waals surface area contributed by atoms with Gasteiger partial charge in [0.15, 0.2) is 0 Å². The minimum Gasteiger partial charge on any atom is -0.315 e. The lowest BCUT2D eigenvalue weighted by Gasteiger charge is -2.16. The molecular weight excluding hydrogens is 240 g/mol. The van der Waals surface area contributed by atoms with E-state index >= 15 is 0 Å². The summed E-state index contributed by atoms with van der Waals surface area (Å²) in [7, 11) is 2.14. The van der Waals surface area contributed by atoms with E-state index < -0.39 is 0 Å². The third-order valence-corrected chi connectivity index (χ3v) is 3.49. The summed E-state index contributed by atoms with van der Waals surface area (Å²) in [4.78, 5) is 3.64. The minimum atomic E-state index is 0.724. The Balaban J connectivity index is 2.13. The molecule has 0 aliphatic heterocycles. The normalized spacial score (nSPS) is 11.6. The predicted molar refractivity (Wildman–Crippen MR) is 73.4 cm³/mol. The highest BCUT2D eigenvalue weighted by molar-refractivity contribution is 7.16. The Kier molecular flexibility index (Phi) is 6.36. The van der Waals surface area contributed by atoms with Gasteiger partial charge < -0.3 is 10.2 Å². The van der Waals surface area contributed by atoms with Crippen LogP contribution in [0.5, 0.6) is 0 Å². The summed E-state index contributed by atoms with van der Waals surface area (Å²) in [5, 5.41) is 3.44. The van der Waals surface area contributed by atoms with Crippen LogP contribution in [0.3, 0.4) is 0 Å². The number of likely N-dealkylation sites (N-methyl/N-ethyl adjacent to an activating group) is 1. The molecule has 0 aromatic carbocycles. The van der Waals surface area contributed by atoms with E-state index in [0.29, 0.717) is 0 Å². The quantitative estimate of drug-likeness (QED) is 0.758. The highest BCUT2D eigenvalue weighted by Gasteiger charge is 2.02. The molecule has 1 rings (SSSR count). The molecule has 0 saturated carbocycles. The number of thiophene rings is 1. The highest BCUT2D eigenvalue weighted by atomic mass is 35.5. The number of hydrogen-bond donors (Lipinski definition) is 1. The van der Waals surface area contributed by atoms with Crippen LogP contribution in [0.2, 0.25) is 4.34 Å². The van der Waals surface area contributed by atoms with Gasteiger partial charge in [-0.2, -0.15) is 0 Å². The monoisotopic (exact) mass is 260 g/mol. The Bertz CT molecular complexity index is 299. The molecule has 1 N–H and O–H groups in total. The minimum absolute atomic E-state index is 0.724. The summed E-state index contributed by atoms with van der Waals surface area (Å²) in [5.74, 6) is 0.724. The maximum Gasteiger partial charge on any atom is 0.0931 e. The van der Waals surface area contributed by atoms with Crippen molar-refractivity contribution in [1.29, 1.82) is 0 Å². The van der Waals surface area contributed by atoms with E-state index in [2.05, 4.69) is 37.2 Å². The number of nitrogens with one attached hydrogen (secondary N) is 1. The van der Waals surface area contributed by atoms with Crippen molar-refractivity contribution in [3.63, 3.8) is 0 Å². The predicted octanol–water partition coefficient (Wildman–Crippen LogP) is 3.08. The van der Waals surface area contributed by atoms with Gasteiger partial charge in [-0.15, -0.1) is 11.3 Å². The van der Waals surface area contributed by atoms with Crippen LogP contribution in [-0.2, 0) is 6.54 Å². The zero-order valence-corrected chi connectivity index (χ0v) is 11.9. The molecule has 0 radical (unpaired) electrons. The molecule has 4 heteroatoms. The van der Waals surface area contributed by atoms with E-state index in [4.69, 9.17) is 11.6 Å². The van der Waals surface area contributed by atoms with Crippen molar-refractivity contribution in [1.82, 2.24) is 10.2 Å². The summed E-state index contributed by atoms with van der Waals surface area (Å²) < 4.78 is 0.876. The van der Waals surface area contributed by atoms with E-state index in [9.17, 15) is 0 Å². The van der Waals surface area contributed by atoms with E-state index in [0.717, 1.165) is 36.4 Å². The van der Waals surface area contributed by atoms with Crippen molar-refractivity contribution in [3.05, 3.63) is 21.3 Å². The molecule has 0 amide bonds. The van der Waals surface area contributed by atoms with Gasteiger partial charge in [-0.25, -0.2) is 0 Å². The largest absolute Gasteiger partial charge is 0.315 e. The average molecular weight is 261 g/mol. The Morgan fingerprint density at radius 1 is 1.44 bits per heavy atom. The van der Waals surface area contributed by atoms with E-state index in [1.165, 1.54) is 4.88 Å². The molecule has 0 bridgehead atoms. The number of rotatable bonds is 7. The fraction of sp³-hybridized carbons (Fsp3) is 0.667. The standard InChI is InChI=1S/C12H21ClN2S/c1-10(2)8-14-6-7-15(3)9-11-4-5-12(13)16-11/h4-5,10,14H,6-9H2,1-3H3. The van der Waals surface area contributed by atoms with Gasteiger partial charge in [0.05, 0.1) is 4.34 Å². The first-order valence-electron chi connectivity index (χ1n) is 5.71. The molecule has 1 heterocycles. The molecule has 16 heavy (non-hydrogen) atoms. The lowest BCUT2D eigenvalue weighted by molar-refractivity contribution is 0.324. The first-order valence-corrected chi connectivity index (χ1v) is 6.91. The van der Waals surface area contributed by atoms with E-state index in [1.54, 1.807) is 11.3 Å². The van der Waals surface area contributed by atoms with Gasteiger partial charge in [0.25, 0.3) is 0 Å². The molecule has 0 aliphatic rings. The van der Waals surface area contributed by atoms with E-state index in [-0.39, 0.29) is 0 Å². The third-order valence-electron chi connectivity index (χ3n) is 2.28. The summed E-state index contributed by atoms with van der Waals surface area (Å²) in [6.45, 7) is 8.66. The lowest BCUT2D eigenvalue weighted by Crippen LogP contribution is -2.30. The lowest BCUT2D eigenvalue weighted by atomic mass is 10.2. The maximum absolute atomic E-state index is 5.89. The van der Waals surface area contributed by atoms with Gasteiger partial charge in [0.2, 0.25) is 0 Å². The third kappa shape index (κ3) is 5.85. The number of nitrogens with zero attached hydrogens (tertiary/aromatic N) is 1. The molecular formula is C12H21ClN2S. The Morgan fingerprint density at radius 2 is 2.19 bits per heavy atom. The van der Waals surface area contributed by atoms with Crippen LogP contribution in [0.25, 0.3) is 0 Å². The molecule has 92 valence electrons. The second-order valence-electron chi connectivity index (χ2n) is 4.54. The van der Waals surface area contributed by atoms with Crippen molar-refractivity contribution < 1.29 is 0 Å². The Hall–Kier alpha value is -0.0900. The number of halogens is 1. The number of hydrogen-bond acceptors (Lipinski definition) is 3. The molecule has 0 aliphatic carbocycles. The van der Waals surface area contributed by atoms with Crippen molar-refractivity contribution in [3.8, 4) is 0 Å². The van der Waals surface area contributed by atoms with Gasteiger partial charge in [0.1, 0.15) is 0 Å². The zero-order valence-electron chi connectivity index (χ0n) is 10.3. The molecule has 0 saturated heterocycles. The second-order valence-corrected chi connectivity index (χ2v) is 6.34. The van der Waals surface area contributed by atoms with Crippen LogP contribution in [-0.4, -0.2) is 31.6 Å². The Labute approximate surface area is 108 Å². The van der Waals surface area contributed by atoms with Crippen molar-refractivity contribution in [2.45, 2.75) is 20.4 Å². The molecule has 0 unspecified atom stereocenters. The van der Waals surface area contributed by atoms with Gasteiger partial charge in [-0.1, -0.05) is 25.4 Å². The Morgan fingerprint density at radius 3 is 2.75 bits per heavy atom. The SMILES string of the molecule is CC(C)CNCCN(C)Cc1ccc(Cl)s1. The first-order chi connectivity index (χ1) is 7.58. The van der Waals surface area contributed by atoms with Crippen LogP contribution in [0.1, 0.15) is 18.7 Å². The van der Waals surface area contributed by atoms with Crippen LogP contribution in [0.4, 0.5) is 0 Å². The summed E-state index contributed by atoms with van der Waals surface area (Å²) in [5.41, 5.74) is 0. The average Bonchev–Trinajstić information content (AvgIpc) is 2.58. The molecule has 2 nitrogen and oxygen atoms in total. The van der Waals surface area contributed by atoms with Gasteiger partial charge in [0, 0.05) is 24.5 Å². The molecule has 0 fully saturated rings. The van der Waals surface area contributed by atoms with Crippen LogP contribution < -0.4 is 5.32 Å². The summed E-state index contributed by atoms with van der Waals surface area (Å²) in [6.07, 6.45) is 0. The van der Waals surface area contributed by atoms with Gasteiger partial charge in [-0.3, -0.25) is 0 Å². The fourth-order valence-electron chi connectivity index (χ4n) is 1.44. The molecule has 1 aromatic heterocycles. The van der Waals surface area contributed by atoms with Crippen molar-refractivity contribution in [2.24, 2.45) is 5.92 Å². The van der Waals surface area contributed by atoms with Gasteiger partial charge >= 0.3 is 0 Å². The van der Waals surface area contributed by atoms with E-state index in [1.807, 2.05) is 6.07 Å². The zero-order chi connectivity index (χ0) is 12.0. The smallest absolute Gasteiger partial charge is 0.0931 e. The topological polar surface area (TPSA) is 15.3 Å². The molecule has 0 atom stereocenters. The summed E-state index contributed by atoms with van der Waals surface area (Å²) in [6, 6.07) is 4.07. The fourth-order valence-corrected chi connectivity index (χ4v) is 2.61. The van der Waals surface area contributed by atoms with Crippen molar-refractivity contribution >= 4 is 22.9 Å². The maximum atomic E-state index is 5.89. The summed E-state index contributed by atoms with van der Waals surface area (Å²) >= 11 is 7.56. The molecule has 1 aromatic rings. The molecule has 0 spiro atoms. The van der Waals surface area contributed by atoms with Crippen LogP contribution in [0, 0.1) is 5.92 Å². The highest BCUT2D eigenvalue weighted by Crippen LogP contribution is 2.22.